The van der Waals surface area contributed by atoms with E-state index < -0.39 is 26.8 Å². The molecule has 1 fully saturated rings. The average molecular weight is 373 g/mol. The minimum absolute atomic E-state index is 0.0274. The SMILES string of the molecule is NS(=O)(=O)c1ccc(C(=O)N(Cc2c(F)cccc2Cl)C2CC2)o1. The Morgan fingerprint density at radius 1 is 1.33 bits per heavy atom. The number of benzene rings is 1. The first-order valence-corrected chi connectivity index (χ1v) is 9.06. The summed E-state index contributed by atoms with van der Waals surface area (Å²) >= 11 is 6.02. The fraction of sp³-hybridized carbons (Fsp3) is 0.267. The number of hydrogen-bond donors (Lipinski definition) is 1. The van der Waals surface area contributed by atoms with Crippen LogP contribution in [0, 0.1) is 5.82 Å². The number of nitrogens with two attached hydrogens (primary N) is 1. The summed E-state index contributed by atoms with van der Waals surface area (Å²) in [6, 6.07) is 6.58. The second-order valence-corrected chi connectivity index (χ2v) is 7.43. The van der Waals surface area contributed by atoms with Crippen LogP contribution in [0.25, 0.3) is 0 Å². The normalized spacial score (nSPS) is 14.6. The van der Waals surface area contributed by atoms with Gasteiger partial charge in [0.25, 0.3) is 15.9 Å². The third kappa shape index (κ3) is 3.45. The molecule has 6 nitrogen and oxygen atoms in total. The Morgan fingerprint density at radius 3 is 2.58 bits per heavy atom. The number of furan rings is 1. The maximum atomic E-state index is 14.0. The number of halogens is 2. The molecular weight excluding hydrogens is 359 g/mol. The molecule has 9 heteroatoms. The molecule has 1 saturated carbocycles. The Kier molecular flexibility index (Phi) is 4.37. The van der Waals surface area contributed by atoms with Gasteiger partial charge in [-0.2, -0.15) is 0 Å². The number of carbonyl (C=O) groups is 1. The third-order valence-electron chi connectivity index (χ3n) is 3.71. The molecule has 0 atom stereocenters. The van der Waals surface area contributed by atoms with E-state index in [-0.39, 0.29) is 28.9 Å². The van der Waals surface area contributed by atoms with E-state index >= 15 is 0 Å². The van der Waals surface area contributed by atoms with Gasteiger partial charge in [0.15, 0.2) is 5.76 Å². The van der Waals surface area contributed by atoms with Gasteiger partial charge in [0.2, 0.25) is 5.09 Å². The second kappa shape index (κ2) is 6.19. The van der Waals surface area contributed by atoms with E-state index in [1.165, 1.54) is 23.1 Å². The van der Waals surface area contributed by atoms with Gasteiger partial charge < -0.3 is 9.32 Å². The number of sulfonamides is 1. The highest BCUT2D eigenvalue weighted by Gasteiger charge is 2.35. The molecule has 2 N–H and O–H groups in total. The maximum Gasteiger partial charge on any atom is 0.290 e. The van der Waals surface area contributed by atoms with Gasteiger partial charge in [-0.3, -0.25) is 4.79 Å². The molecule has 1 aliphatic rings. The number of nitrogens with zero attached hydrogens (tertiary/aromatic N) is 1. The van der Waals surface area contributed by atoms with Crippen molar-refractivity contribution in [2.45, 2.75) is 30.5 Å². The van der Waals surface area contributed by atoms with Crippen LogP contribution in [0.4, 0.5) is 4.39 Å². The molecule has 0 radical (unpaired) electrons. The molecule has 0 saturated heterocycles. The van der Waals surface area contributed by atoms with Crippen LogP contribution in [-0.2, 0) is 16.6 Å². The standard InChI is InChI=1S/C15H14ClFN2O4S/c16-11-2-1-3-12(17)10(11)8-19(9-4-5-9)15(20)13-6-7-14(23-13)24(18,21)22/h1-3,6-7,9H,4-5,8H2,(H2,18,21,22). The van der Waals surface area contributed by atoms with Crippen molar-refractivity contribution in [1.29, 1.82) is 0 Å². The molecule has 1 aromatic carbocycles. The van der Waals surface area contributed by atoms with Gasteiger partial charge >= 0.3 is 0 Å². The first-order valence-electron chi connectivity index (χ1n) is 7.14. The number of carbonyl (C=O) groups excluding carboxylic acids is 1. The zero-order valence-electron chi connectivity index (χ0n) is 12.4. The smallest absolute Gasteiger partial charge is 0.290 e. The quantitative estimate of drug-likeness (QED) is 0.872. The molecule has 0 bridgehead atoms. The van der Waals surface area contributed by atoms with Gasteiger partial charge in [-0.05, 0) is 37.1 Å². The van der Waals surface area contributed by atoms with Gasteiger partial charge in [-0.25, -0.2) is 17.9 Å². The van der Waals surface area contributed by atoms with E-state index in [4.69, 9.17) is 21.2 Å². The molecule has 1 heterocycles. The van der Waals surface area contributed by atoms with Crippen molar-refractivity contribution < 1.29 is 22.0 Å². The van der Waals surface area contributed by atoms with Crippen molar-refractivity contribution >= 4 is 27.5 Å². The zero-order chi connectivity index (χ0) is 17.5. The van der Waals surface area contributed by atoms with Crippen molar-refractivity contribution in [2.75, 3.05) is 0 Å². The van der Waals surface area contributed by atoms with Gasteiger partial charge in [-0.15, -0.1) is 0 Å². The summed E-state index contributed by atoms with van der Waals surface area (Å²) in [6.45, 7) is -0.0274. The summed E-state index contributed by atoms with van der Waals surface area (Å²) in [5, 5.41) is 4.69. The van der Waals surface area contributed by atoms with Crippen LogP contribution >= 0.6 is 11.6 Å². The molecule has 0 spiro atoms. The van der Waals surface area contributed by atoms with Crippen LogP contribution in [0.2, 0.25) is 5.02 Å². The van der Waals surface area contributed by atoms with Gasteiger partial charge in [-0.1, -0.05) is 17.7 Å². The van der Waals surface area contributed by atoms with Crippen LogP contribution < -0.4 is 5.14 Å². The summed E-state index contributed by atoms with van der Waals surface area (Å²) in [6.07, 6.45) is 1.56. The van der Waals surface area contributed by atoms with E-state index in [2.05, 4.69) is 0 Å². The van der Waals surface area contributed by atoms with Crippen molar-refractivity contribution in [2.24, 2.45) is 5.14 Å². The second-order valence-electron chi connectivity index (χ2n) is 5.53. The summed E-state index contributed by atoms with van der Waals surface area (Å²) in [4.78, 5) is 14.1. The van der Waals surface area contributed by atoms with Crippen LogP contribution in [0.15, 0.2) is 39.8 Å². The van der Waals surface area contributed by atoms with Crippen molar-refractivity contribution in [3.63, 3.8) is 0 Å². The fourth-order valence-electron chi connectivity index (χ4n) is 2.34. The van der Waals surface area contributed by atoms with Crippen molar-refractivity contribution in [1.82, 2.24) is 4.90 Å². The minimum Gasteiger partial charge on any atom is -0.438 e. The lowest BCUT2D eigenvalue weighted by Crippen LogP contribution is -2.32. The topological polar surface area (TPSA) is 93.6 Å². The van der Waals surface area contributed by atoms with Crippen LogP contribution in [0.3, 0.4) is 0 Å². The highest BCUT2D eigenvalue weighted by Crippen LogP contribution is 2.32. The highest BCUT2D eigenvalue weighted by atomic mass is 35.5. The molecule has 1 amide bonds. The highest BCUT2D eigenvalue weighted by molar-refractivity contribution is 7.89. The Hall–Kier alpha value is -1.90. The monoisotopic (exact) mass is 372 g/mol. The predicted octanol–water partition coefficient (Wildman–Crippen LogP) is 2.52. The van der Waals surface area contributed by atoms with Gasteiger partial charge in [0.1, 0.15) is 5.82 Å². The average Bonchev–Trinajstić information content (AvgIpc) is 3.20. The van der Waals surface area contributed by atoms with Crippen molar-refractivity contribution in [3.05, 3.63) is 52.5 Å². The van der Waals surface area contributed by atoms with E-state index in [1.807, 2.05) is 0 Å². The number of amides is 1. The Labute approximate surface area is 143 Å². The van der Waals surface area contributed by atoms with Gasteiger partial charge in [0, 0.05) is 16.6 Å². The molecule has 2 aromatic rings. The van der Waals surface area contributed by atoms with Gasteiger partial charge in [0.05, 0.1) is 6.54 Å². The molecule has 3 rings (SSSR count). The largest absolute Gasteiger partial charge is 0.438 e. The number of primary sulfonamides is 1. The Morgan fingerprint density at radius 2 is 2.04 bits per heavy atom. The summed E-state index contributed by atoms with van der Waals surface area (Å²) in [5.74, 6) is -1.21. The first-order chi connectivity index (χ1) is 11.3. The van der Waals surface area contributed by atoms with E-state index in [1.54, 1.807) is 6.07 Å². The zero-order valence-corrected chi connectivity index (χ0v) is 14.0. The minimum atomic E-state index is -4.04. The molecule has 0 aliphatic heterocycles. The summed E-state index contributed by atoms with van der Waals surface area (Å²) in [5.41, 5.74) is 0.206. The predicted molar refractivity (Wildman–Crippen MR) is 84.4 cm³/mol. The maximum absolute atomic E-state index is 14.0. The van der Waals surface area contributed by atoms with Crippen LogP contribution in [0.1, 0.15) is 29.0 Å². The Balaban J connectivity index is 1.89. The lowest BCUT2D eigenvalue weighted by atomic mass is 10.2. The molecule has 128 valence electrons. The third-order valence-corrected chi connectivity index (χ3v) is 4.85. The number of rotatable bonds is 5. The van der Waals surface area contributed by atoms with Crippen LogP contribution in [-0.4, -0.2) is 25.3 Å². The van der Waals surface area contributed by atoms with E-state index in [9.17, 15) is 17.6 Å². The molecular formula is C15H14ClFN2O4S. The van der Waals surface area contributed by atoms with E-state index in [0.717, 1.165) is 18.9 Å². The summed E-state index contributed by atoms with van der Waals surface area (Å²) < 4.78 is 41.5. The van der Waals surface area contributed by atoms with E-state index in [0.29, 0.717) is 0 Å². The molecule has 1 aromatic heterocycles. The summed E-state index contributed by atoms with van der Waals surface area (Å²) in [7, 11) is -4.04. The lowest BCUT2D eigenvalue weighted by Gasteiger charge is -2.22. The lowest BCUT2D eigenvalue weighted by molar-refractivity contribution is 0.0690. The van der Waals surface area contributed by atoms with Crippen molar-refractivity contribution in [3.8, 4) is 0 Å². The molecule has 0 unspecified atom stereocenters. The fourth-order valence-corrected chi connectivity index (χ4v) is 3.02. The number of hydrogen-bond acceptors (Lipinski definition) is 4. The van der Waals surface area contributed by atoms with Crippen LogP contribution in [0.5, 0.6) is 0 Å². The molecule has 1 aliphatic carbocycles. The first kappa shape index (κ1) is 16.9. The molecule has 24 heavy (non-hydrogen) atoms. The Bertz CT molecular complexity index is 872.